The van der Waals surface area contributed by atoms with Crippen molar-refractivity contribution in [2.45, 2.75) is 24.3 Å². The number of carbonyl (C=O) groups is 1. The van der Waals surface area contributed by atoms with Crippen LogP contribution in [0.1, 0.15) is 13.3 Å². The number of hydrogen-bond donors (Lipinski definition) is 2. The topological polar surface area (TPSA) is 89.3 Å². The Hall–Kier alpha value is -1.40. The van der Waals surface area contributed by atoms with E-state index in [1.165, 1.54) is 0 Å². The van der Waals surface area contributed by atoms with Crippen LogP contribution in [0.3, 0.4) is 0 Å². The molecule has 0 bridgehead atoms. The zero-order valence-corrected chi connectivity index (χ0v) is 11.1. The summed E-state index contributed by atoms with van der Waals surface area (Å²) in [6, 6.07) is 7.69. The number of carbonyl (C=O) groups excluding carboxylic acids is 1. The molecule has 0 aliphatic carbocycles. The lowest BCUT2D eigenvalue weighted by Crippen LogP contribution is -2.39. The molecule has 1 rings (SSSR count). The average molecular weight is 270 g/mol. The van der Waals surface area contributed by atoms with Crippen LogP contribution in [0, 0.1) is 0 Å². The summed E-state index contributed by atoms with van der Waals surface area (Å²) in [6.45, 7) is 1.89. The molecule has 0 fully saturated rings. The van der Waals surface area contributed by atoms with Crippen molar-refractivity contribution >= 4 is 15.7 Å². The second kappa shape index (κ2) is 6.51. The third-order valence-corrected chi connectivity index (χ3v) is 4.22. The summed E-state index contributed by atoms with van der Waals surface area (Å²) >= 11 is 0. The van der Waals surface area contributed by atoms with Gasteiger partial charge in [0.2, 0.25) is 5.91 Å². The van der Waals surface area contributed by atoms with Crippen LogP contribution >= 0.6 is 0 Å². The molecule has 1 aromatic carbocycles. The predicted molar refractivity (Wildman–Crippen MR) is 69.8 cm³/mol. The monoisotopic (exact) mass is 270 g/mol. The van der Waals surface area contributed by atoms with Crippen LogP contribution in [-0.2, 0) is 14.6 Å². The second-order valence-electron chi connectivity index (χ2n) is 4.07. The number of nitrogens with one attached hydrogen (secondary N) is 1. The summed E-state index contributed by atoms with van der Waals surface area (Å²) in [5.41, 5.74) is 5.36. The first-order chi connectivity index (χ1) is 8.43. The SMILES string of the molecule is C[C@H](N)C(=O)NCCCS(=O)(=O)c1ccccc1. The Labute approximate surface area is 107 Å². The van der Waals surface area contributed by atoms with E-state index in [9.17, 15) is 13.2 Å². The van der Waals surface area contributed by atoms with Crippen LogP contribution in [0.25, 0.3) is 0 Å². The van der Waals surface area contributed by atoms with E-state index in [-0.39, 0.29) is 11.7 Å². The van der Waals surface area contributed by atoms with Crippen LogP contribution in [0.5, 0.6) is 0 Å². The van der Waals surface area contributed by atoms with Gasteiger partial charge in [0.15, 0.2) is 9.84 Å². The van der Waals surface area contributed by atoms with E-state index < -0.39 is 15.9 Å². The third kappa shape index (κ3) is 4.46. The van der Waals surface area contributed by atoms with E-state index in [4.69, 9.17) is 5.73 Å². The molecule has 0 spiro atoms. The fourth-order valence-electron chi connectivity index (χ4n) is 1.38. The highest BCUT2D eigenvalue weighted by Crippen LogP contribution is 2.10. The zero-order valence-electron chi connectivity index (χ0n) is 10.3. The van der Waals surface area contributed by atoms with Gasteiger partial charge in [-0.15, -0.1) is 0 Å². The van der Waals surface area contributed by atoms with Crippen LogP contribution < -0.4 is 11.1 Å². The molecule has 0 unspecified atom stereocenters. The summed E-state index contributed by atoms with van der Waals surface area (Å²) in [4.78, 5) is 11.5. The van der Waals surface area contributed by atoms with Gasteiger partial charge in [0, 0.05) is 6.54 Å². The highest BCUT2D eigenvalue weighted by molar-refractivity contribution is 7.91. The fourth-order valence-corrected chi connectivity index (χ4v) is 2.71. The Morgan fingerprint density at radius 3 is 2.50 bits per heavy atom. The largest absolute Gasteiger partial charge is 0.355 e. The maximum atomic E-state index is 11.9. The quantitative estimate of drug-likeness (QED) is 0.728. The van der Waals surface area contributed by atoms with E-state index >= 15 is 0 Å². The molecule has 18 heavy (non-hydrogen) atoms. The van der Waals surface area contributed by atoms with Gasteiger partial charge in [-0.1, -0.05) is 18.2 Å². The normalized spacial score (nSPS) is 13.0. The Morgan fingerprint density at radius 1 is 1.33 bits per heavy atom. The van der Waals surface area contributed by atoms with Crippen LogP contribution in [0.15, 0.2) is 35.2 Å². The number of nitrogens with two attached hydrogens (primary N) is 1. The molecule has 6 heteroatoms. The van der Waals surface area contributed by atoms with E-state index in [0.29, 0.717) is 17.9 Å². The lowest BCUT2D eigenvalue weighted by molar-refractivity contribution is -0.121. The van der Waals surface area contributed by atoms with Crippen LogP contribution in [0.2, 0.25) is 0 Å². The number of hydrogen-bond acceptors (Lipinski definition) is 4. The van der Waals surface area contributed by atoms with Crippen molar-refractivity contribution < 1.29 is 13.2 Å². The van der Waals surface area contributed by atoms with Gasteiger partial charge in [-0.25, -0.2) is 8.42 Å². The molecule has 5 nitrogen and oxygen atoms in total. The Morgan fingerprint density at radius 2 is 1.94 bits per heavy atom. The summed E-state index contributed by atoms with van der Waals surface area (Å²) in [6.07, 6.45) is 0.371. The van der Waals surface area contributed by atoms with E-state index in [0.717, 1.165) is 0 Å². The summed E-state index contributed by atoms with van der Waals surface area (Å²) in [7, 11) is -3.26. The first-order valence-corrected chi connectivity index (χ1v) is 7.40. The molecule has 100 valence electrons. The number of benzene rings is 1. The fraction of sp³-hybridized carbons (Fsp3) is 0.417. The molecule has 1 atom stereocenters. The molecule has 0 saturated carbocycles. The van der Waals surface area contributed by atoms with Gasteiger partial charge in [-0.2, -0.15) is 0 Å². The van der Waals surface area contributed by atoms with E-state index in [1.54, 1.807) is 37.3 Å². The molecular weight excluding hydrogens is 252 g/mol. The lowest BCUT2D eigenvalue weighted by atomic mass is 10.3. The van der Waals surface area contributed by atoms with Gasteiger partial charge >= 0.3 is 0 Å². The van der Waals surface area contributed by atoms with E-state index in [2.05, 4.69) is 5.32 Å². The first kappa shape index (κ1) is 14.7. The van der Waals surface area contributed by atoms with Crippen molar-refractivity contribution in [2.24, 2.45) is 5.73 Å². The van der Waals surface area contributed by atoms with Crippen molar-refractivity contribution in [1.29, 1.82) is 0 Å². The van der Waals surface area contributed by atoms with Crippen molar-refractivity contribution in [3.05, 3.63) is 30.3 Å². The zero-order chi connectivity index (χ0) is 13.6. The Balaban J connectivity index is 2.42. The van der Waals surface area contributed by atoms with Gasteiger partial charge in [0.05, 0.1) is 16.7 Å². The molecule has 3 N–H and O–H groups in total. The molecule has 0 aliphatic heterocycles. The molecule has 0 aliphatic rings. The minimum Gasteiger partial charge on any atom is -0.355 e. The number of amides is 1. The van der Waals surface area contributed by atoms with Gasteiger partial charge in [-0.3, -0.25) is 4.79 Å². The van der Waals surface area contributed by atoms with Gasteiger partial charge in [-0.05, 0) is 25.5 Å². The second-order valence-corrected chi connectivity index (χ2v) is 6.17. The first-order valence-electron chi connectivity index (χ1n) is 5.74. The highest BCUT2D eigenvalue weighted by Gasteiger charge is 2.13. The molecular formula is C12H18N2O3S. The molecule has 0 heterocycles. The number of sulfone groups is 1. The van der Waals surface area contributed by atoms with Crippen molar-refractivity contribution in [2.75, 3.05) is 12.3 Å². The van der Waals surface area contributed by atoms with Crippen LogP contribution in [0.4, 0.5) is 0 Å². The predicted octanol–water partition coefficient (Wildman–Crippen LogP) is 0.314. The highest BCUT2D eigenvalue weighted by atomic mass is 32.2. The molecule has 0 aromatic heterocycles. The maximum absolute atomic E-state index is 11.9. The standard InChI is InChI=1S/C12H18N2O3S/c1-10(13)12(15)14-8-5-9-18(16,17)11-6-3-2-4-7-11/h2-4,6-7,10H,5,8-9,13H2,1H3,(H,14,15)/t10-/m0/s1. The Bertz CT molecular complexity index is 483. The average Bonchev–Trinajstić information content (AvgIpc) is 2.35. The summed E-state index contributed by atoms with van der Waals surface area (Å²) < 4.78 is 23.7. The lowest BCUT2D eigenvalue weighted by Gasteiger charge is -2.08. The van der Waals surface area contributed by atoms with E-state index in [1.807, 2.05) is 0 Å². The Kier molecular flexibility index (Phi) is 5.30. The molecule has 0 saturated heterocycles. The third-order valence-electron chi connectivity index (χ3n) is 2.40. The van der Waals surface area contributed by atoms with Crippen LogP contribution in [-0.4, -0.2) is 32.7 Å². The summed E-state index contributed by atoms with van der Waals surface area (Å²) in [5, 5.41) is 2.58. The van der Waals surface area contributed by atoms with Crippen molar-refractivity contribution in [1.82, 2.24) is 5.32 Å². The van der Waals surface area contributed by atoms with Gasteiger partial charge in [0.1, 0.15) is 0 Å². The number of rotatable bonds is 6. The van der Waals surface area contributed by atoms with Crippen molar-refractivity contribution in [3.8, 4) is 0 Å². The maximum Gasteiger partial charge on any atom is 0.236 e. The minimum atomic E-state index is -3.26. The molecule has 1 aromatic rings. The van der Waals surface area contributed by atoms with Gasteiger partial charge in [0.25, 0.3) is 0 Å². The molecule has 1 amide bonds. The van der Waals surface area contributed by atoms with Gasteiger partial charge < -0.3 is 11.1 Å². The smallest absolute Gasteiger partial charge is 0.236 e. The van der Waals surface area contributed by atoms with Crippen molar-refractivity contribution in [3.63, 3.8) is 0 Å². The summed E-state index contributed by atoms with van der Waals surface area (Å²) in [5.74, 6) is -0.261. The minimum absolute atomic E-state index is 0.0102. The molecule has 0 radical (unpaired) electrons.